The molecule has 1 heterocycles. The van der Waals surface area contributed by atoms with E-state index in [1.807, 2.05) is 0 Å². The number of sulfonamides is 1. The first-order valence-corrected chi connectivity index (χ1v) is 11.3. The number of nitrogens with one attached hydrogen (secondary N) is 1. The number of nitrogens with zero attached hydrogens (tertiary/aromatic N) is 2. The van der Waals surface area contributed by atoms with Crippen LogP contribution >= 0.6 is 23.2 Å². The summed E-state index contributed by atoms with van der Waals surface area (Å²) in [6, 6.07) is 3.08. The Morgan fingerprint density at radius 1 is 1.21 bits per heavy atom. The van der Waals surface area contributed by atoms with Gasteiger partial charge in [0, 0.05) is 24.0 Å². The average Bonchev–Trinajstić information content (AvgIpc) is 3.37. The third-order valence-corrected chi connectivity index (χ3v) is 7.13. The highest BCUT2D eigenvalue weighted by molar-refractivity contribution is 7.89. The molecule has 3 rings (SSSR count). The molecule has 0 unspecified atom stereocenters. The second-order valence-electron chi connectivity index (χ2n) is 7.16. The van der Waals surface area contributed by atoms with E-state index in [-0.39, 0.29) is 35.3 Å². The summed E-state index contributed by atoms with van der Waals surface area (Å²) in [4.78, 5) is 0.125. The molecule has 0 aliphatic heterocycles. The first kappa shape index (κ1) is 22.4. The van der Waals surface area contributed by atoms with Crippen molar-refractivity contribution < 1.29 is 21.6 Å². The summed E-state index contributed by atoms with van der Waals surface area (Å²) in [5.41, 5.74) is 0.440. The van der Waals surface area contributed by atoms with Gasteiger partial charge in [-0.05, 0) is 56.4 Å². The fraction of sp³-hybridized carbons (Fsp3) is 0.500. The normalized spacial score (nSPS) is 15.1. The van der Waals surface area contributed by atoms with Crippen LogP contribution in [-0.4, -0.2) is 24.7 Å². The van der Waals surface area contributed by atoms with Crippen LogP contribution in [0.25, 0.3) is 0 Å². The van der Waals surface area contributed by atoms with Crippen molar-refractivity contribution in [1.29, 1.82) is 0 Å². The highest BCUT2D eigenvalue weighted by atomic mass is 35.5. The lowest BCUT2D eigenvalue weighted by molar-refractivity contribution is -0.141. The molecule has 0 radical (unpaired) electrons. The maximum Gasteiger partial charge on any atom is 0.436 e. The van der Waals surface area contributed by atoms with Crippen LogP contribution in [0.4, 0.5) is 13.2 Å². The van der Waals surface area contributed by atoms with Gasteiger partial charge in [0.25, 0.3) is 0 Å². The van der Waals surface area contributed by atoms with E-state index in [0.29, 0.717) is 21.8 Å². The van der Waals surface area contributed by atoms with Gasteiger partial charge in [-0.2, -0.15) is 18.3 Å². The molecule has 1 saturated carbocycles. The lowest BCUT2D eigenvalue weighted by Gasteiger charge is -2.12. The number of aromatic nitrogens is 2. The van der Waals surface area contributed by atoms with Gasteiger partial charge in [-0.15, -0.1) is 0 Å². The Kier molecular flexibility index (Phi) is 6.25. The molecule has 0 bridgehead atoms. The molecule has 0 spiro atoms. The van der Waals surface area contributed by atoms with Crippen LogP contribution in [0.5, 0.6) is 0 Å². The van der Waals surface area contributed by atoms with E-state index in [0.717, 1.165) is 12.8 Å². The standard InChI is InChI=1S/C18H20Cl2F3N3O2S/c1-10-9-14(11(2)8-13(10)19)29(27,28)24-6-3-7-26-16(12-4-5-12)15(20)17(25-26)18(21,22)23/h8-9,12,24H,3-7H2,1-2H3. The zero-order valence-corrected chi connectivity index (χ0v) is 18.1. The van der Waals surface area contributed by atoms with E-state index >= 15 is 0 Å². The van der Waals surface area contributed by atoms with Gasteiger partial charge >= 0.3 is 6.18 Å². The second-order valence-corrected chi connectivity index (χ2v) is 9.68. The number of rotatable bonds is 7. The van der Waals surface area contributed by atoms with Gasteiger partial charge in [-0.1, -0.05) is 23.2 Å². The Morgan fingerprint density at radius 3 is 2.45 bits per heavy atom. The number of hydrogen-bond donors (Lipinski definition) is 1. The highest BCUT2D eigenvalue weighted by Crippen LogP contribution is 2.46. The van der Waals surface area contributed by atoms with Crippen LogP contribution in [0.3, 0.4) is 0 Å². The van der Waals surface area contributed by atoms with Crippen molar-refractivity contribution in [3.8, 4) is 0 Å². The Bertz CT molecular complexity index is 1030. The van der Waals surface area contributed by atoms with Gasteiger partial charge in [-0.3, -0.25) is 4.68 Å². The van der Waals surface area contributed by atoms with Crippen molar-refractivity contribution in [1.82, 2.24) is 14.5 Å². The molecule has 11 heteroatoms. The molecule has 160 valence electrons. The summed E-state index contributed by atoms with van der Waals surface area (Å²) in [5.74, 6) is -0.0255. The number of benzene rings is 1. The summed E-state index contributed by atoms with van der Waals surface area (Å²) >= 11 is 11.9. The minimum Gasteiger partial charge on any atom is -0.267 e. The smallest absolute Gasteiger partial charge is 0.267 e. The Morgan fingerprint density at radius 2 is 1.86 bits per heavy atom. The molecule has 0 amide bonds. The number of hydrogen-bond acceptors (Lipinski definition) is 3. The molecule has 29 heavy (non-hydrogen) atoms. The number of aryl methyl sites for hydroxylation is 3. The van der Waals surface area contributed by atoms with E-state index < -0.39 is 21.9 Å². The Balaban J connectivity index is 1.69. The predicted molar refractivity (Wildman–Crippen MR) is 105 cm³/mol. The first-order chi connectivity index (χ1) is 13.4. The van der Waals surface area contributed by atoms with Crippen molar-refractivity contribution in [3.63, 3.8) is 0 Å². The summed E-state index contributed by atoms with van der Waals surface area (Å²) in [6.07, 6.45) is -2.83. The van der Waals surface area contributed by atoms with E-state index in [1.165, 1.54) is 10.7 Å². The quantitative estimate of drug-likeness (QED) is 0.575. The molecule has 1 aliphatic rings. The fourth-order valence-corrected chi connectivity index (χ4v) is 5.11. The summed E-state index contributed by atoms with van der Waals surface area (Å²) < 4.78 is 68.1. The third-order valence-electron chi connectivity index (χ3n) is 4.75. The number of halogens is 5. The zero-order chi connectivity index (χ0) is 21.6. The van der Waals surface area contributed by atoms with Crippen molar-refractivity contribution in [2.75, 3.05) is 6.54 Å². The molecular formula is C18H20Cl2F3N3O2S. The number of alkyl halides is 3. The summed E-state index contributed by atoms with van der Waals surface area (Å²) in [6.45, 7) is 3.53. The van der Waals surface area contributed by atoms with Gasteiger partial charge in [0.2, 0.25) is 10.0 Å². The molecule has 1 N–H and O–H groups in total. The molecule has 1 aliphatic carbocycles. The van der Waals surface area contributed by atoms with Gasteiger partial charge in [-0.25, -0.2) is 13.1 Å². The molecule has 5 nitrogen and oxygen atoms in total. The van der Waals surface area contributed by atoms with E-state index in [4.69, 9.17) is 23.2 Å². The summed E-state index contributed by atoms with van der Waals surface area (Å²) in [7, 11) is -3.77. The molecule has 0 saturated heterocycles. The SMILES string of the molecule is Cc1cc(S(=O)(=O)NCCCn2nc(C(F)(F)F)c(Cl)c2C2CC2)c(C)cc1Cl. The highest BCUT2D eigenvalue weighted by Gasteiger charge is 2.41. The fourth-order valence-electron chi connectivity index (χ4n) is 3.11. The molecule has 1 aromatic carbocycles. The van der Waals surface area contributed by atoms with Crippen LogP contribution < -0.4 is 4.72 Å². The Labute approximate surface area is 177 Å². The van der Waals surface area contributed by atoms with Crippen molar-refractivity contribution in [2.45, 2.75) is 56.6 Å². The first-order valence-electron chi connectivity index (χ1n) is 9.01. The van der Waals surface area contributed by atoms with Crippen LogP contribution in [0.1, 0.15) is 47.7 Å². The van der Waals surface area contributed by atoms with Crippen LogP contribution in [0, 0.1) is 13.8 Å². The summed E-state index contributed by atoms with van der Waals surface area (Å²) in [5, 5.41) is 3.76. The third kappa shape index (κ3) is 4.90. The lowest BCUT2D eigenvalue weighted by atomic mass is 10.2. The van der Waals surface area contributed by atoms with E-state index in [1.54, 1.807) is 19.9 Å². The van der Waals surface area contributed by atoms with Gasteiger partial charge < -0.3 is 0 Å². The van der Waals surface area contributed by atoms with Crippen molar-refractivity contribution in [2.24, 2.45) is 0 Å². The molecule has 2 aromatic rings. The minimum absolute atomic E-state index is 0.0255. The second kappa shape index (κ2) is 8.09. The monoisotopic (exact) mass is 469 g/mol. The van der Waals surface area contributed by atoms with Crippen LogP contribution in [0.15, 0.2) is 17.0 Å². The van der Waals surface area contributed by atoms with Crippen molar-refractivity contribution >= 4 is 33.2 Å². The topological polar surface area (TPSA) is 64.0 Å². The molecule has 1 fully saturated rings. The van der Waals surface area contributed by atoms with Gasteiger partial charge in [0.15, 0.2) is 5.69 Å². The molecule has 1 aromatic heterocycles. The average molecular weight is 470 g/mol. The van der Waals surface area contributed by atoms with Crippen LogP contribution in [-0.2, 0) is 22.7 Å². The largest absolute Gasteiger partial charge is 0.436 e. The lowest BCUT2D eigenvalue weighted by Crippen LogP contribution is -2.26. The van der Waals surface area contributed by atoms with Crippen molar-refractivity contribution in [3.05, 3.63) is 44.7 Å². The Hall–Kier alpha value is -1.29. The maximum atomic E-state index is 13.1. The van der Waals surface area contributed by atoms with E-state index in [9.17, 15) is 21.6 Å². The van der Waals surface area contributed by atoms with Crippen LogP contribution in [0.2, 0.25) is 10.0 Å². The molecular weight excluding hydrogens is 450 g/mol. The predicted octanol–water partition coefficient (Wildman–Crippen LogP) is 5.07. The van der Waals surface area contributed by atoms with E-state index in [2.05, 4.69) is 9.82 Å². The molecule has 0 atom stereocenters. The maximum absolute atomic E-state index is 13.1. The van der Waals surface area contributed by atoms with Gasteiger partial charge in [0.05, 0.1) is 15.6 Å². The minimum atomic E-state index is -4.63. The zero-order valence-electron chi connectivity index (χ0n) is 15.8. The van der Waals surface area contributed by atoms with Gasteiger partial charge in [0.1, 0.15) is 0 Å².